The minimum Gasteiger partial charge on any atom is -0.378 e. The predicted molar refractivity (Wildman–Crippen MR) is 91.5 cm³/mol. The maximum atomic E-state index is 11.7. The van der Waals surface area contributed by atoms with E-state index in [1.54, 1.807) is 0 Å². The average Bonchev–Trinajstić information content (AvgIpc) is 2.45. The highest BCUT2D eigenvalue weighted by molar-refractivity contribution is 5.88. The lowest BCUT2D eigenvalue weighted by Crippen LogP contribution is -2.29. The summed E-state index contributed by atoms with van der Waals surface area (Å²) in [5.74, 6) is -0.00443. The zero-order chi connectivity index (χ0) is 17.7. The van der Waals surface area contributed by atoms with E-state index in [2.05, 4.69) is 24.5 Å². The molecule has 0 atom stereocenters. The van der Waals surface area contributed by atoms with Gasteiger partial charge in [-0.15, -0.1) is 0 Å². The van der Waals surface area contributed by atoms with Crippen molar-refractivity contribution in [2.75, 3.05) is 39.5 Å². The number of Topliss-reactive ketones (excluding diaryl/α,β-unsaturated/α-hetero) is 1. The number of carbonyl (C=O) groups excluding carboxylic acids is 2. The zero-order valence-electron chi connectivity index (χ0n) is 15.4. The summed E-state index contributed by atoms with van der Waals surface area (Å²) >= 11 is 0. The summed E-state index contributed by atoms with van der Waals surface area (Å²) in [6.07, 6.45) is 0.524. The Hall–Kier alpha value is -0.980. The number of carbonyl (C=O) groups is 2. The maximum Gasteiger partial charge on any atom is 0.220 e. The summed E-state index contributed by atoms with van der Waals surface area (Å²) in [6, 6.07) is 0.470. The van der Waals surface area contributed by atoms with Crippen LogP contribution in [0.25, 0.3) is 0 Å². The highest BCUT2D eigenvalue weighted by Gasteiger charge is 2.21. The second-order valence-electron chi connectivity index (χ2n) is 6.86. The van der Waals surface area contributed by atoms with Crippen molar-refractivity contribution in [1.82, 2.24) is 10.6 Å². The highest BCUT2D eigenvalue weighted by Crippen LogP contribution is 2.17. The molecule has 0 bridgehead atoms. The van der Waals surface area contributed by atoms with E-state index in [1.165, 1.54) is 0 Å². The molecule has 0 aromatic carbocycles. The van der Waals surface area contributed by atoms with Gasteiger partial charge in [0.1, 0.15) is 5.78 Å². The van der Waals surface area contributed by atoms with Gasteiger partial charge in [0.2, 0.25) is 5.91 Å². The molecule has 0 aliphatic carbocycles. The molecule has 0 aromatic heterocycles. The molecule has 23 heavy (non-hydrogen) atoms. The Morgan fingerprint density at radius 1 is 0.913 bits per heavy atom. The first kappa shape index (κ1) is 22.0. The number of nitrogens with one attached hydrogen (secondary N) is 2. The molecule has 0 saturated heterocycles. The van der Waals surface area contributed by atoms with E-state index in [1.807, 2.05) is 20.8 Å². The molecule has 0 heterocycles. The second kappa shape index (κ2) is 12.4. The minimum atomic E-state index is -0.381. The summed E-state index contributed by atoms with van der Waals surface area (Å²) in [5, 5.41) is 6.01. The molecule has 6 heteroatoms. The van der Waals surface area contributed by atoms with Gasteiger partial charge in [0, 0.05) is 37.4 Å². The van der Waals surface area contributed by atoms with Gasteiger partial charge >= 0.3 is 0 Å². The summed E-state index contributed by atoms with van der Waals surface area (Å²) < 4.78 is 10.8. The van der Waals surface area contributed by atoms with E-state index in [0.717, 1.165) is 6.54 Å². The van der Waals surface area contributed by atoms with Crippen LogP contribution in [0.5, 0.6) is 0 Å². The molecule has 136 valence electrons. The number of rotatable bonds is 13. The Morgan fingerprint density at radius 3 is 2.00 bits per heavy atom. The Kier molecular flexibility index (Phi) is 11.9. The van der Waals surface area contributed by atoms with Crippen LogP contribution in [0.4, 0.5) is 0 Å². The van der Waals surface area contributed by atoms with Gasteiger partial charge in [-0.1, -0.05) is 34.6 Å². The van der Waals surface area contributed by atoms with Gasteiger partial charge in [-0.3, -0.25) is 9.59 Å². The summed E-state index contributed by atoms with van der Waals surface area (Å²) in [7, 11) is 0. The smallest absolute Gasteiger partial charge is 0.220 e. The predicted octanol–water partition coefficient (Wildman–Crippen LogP) is 1.53. The molecule has 1 amide bonds. The van der Waals surface area contributed by atoms with E-state index in [9.17, 15) is 9.59 Å². The molecule has 0 fully saturated rings. The van der Waals surface area contributed by atoms with Crippen molar-refractivity contribution >= 4 is 11.7 Å². The van der Waals surface area contributed by atoms with Gasteiger partial charge in [0.25, 0.3) is 0 Å². The van der Waals surface area contributed by atoms with E-state index < -0.39 is 0 Å². The SMILES string of the molecule is CC(C)NCCOCCOCCNC(=O)CCC(=O)C(C)(C)C. The van der Waals surface area contributed by atoms with Crippen LogP contribution >= 0.6 is 0 Å². The Labute approximate surface area is 140 Å². The van der Waals surface area contributed by atoms with Gasteiger partial charge in [0.15, 0.2) is 0 Å². The van der Waals surface area contributed by atoms with Crippen LogP contribution in [0.3, 0.4) is 0 Å². The molecule has 0 unspecified atom stereocenters. The van der Waals surface area contributed by atoms with Crippen LogP contribution in [0.2, 0.25) is 0 Å². The van der Waals surface area contributed by atoms with Crippen LogP contribution in [0.15, 0.2) is 0 Å². The number of ketones is 1. The van der Waals surface area contributed by atoms with Crippen LogP contribution < -0.4 is 10.6 Å². The molecule has 0 spiro atoms. The van der Waals surface area contributed by atoms with Gasteiger partial charge < -0.3 is 20.1 Å². The Balaban J connectivity index is 3.38. The van der Waals surface area contributed by atoms with Crippen LogP contribution in [0.1, 0.15) is 47.5 Å². The topological polar surface area (TPSA) is 76.7 Å². The van der Waals surface area contributed by atoms with E-state index in [0.29, 0.717) is 39.0 Å². The monoisotopic (exact) mass is 330 g/mol. The molecular formula is C17H34N2O4. The molecule has 0 aliphatic heterocycles. The average molecular weight is 330 g/mol. The molecule has 6 nitrogen and oxygen atoms in total. The zero-order valence-corrected chi connectivity index (χ0v) is 15.4. The number of hydrogen-bond donors (Lipinski definition) is 2. The third-order valence-electron chi connectivity index (χ3n) is 3.16. The van der Waals surface area contributed by atoms with Crippen molar-refractivity contribution in [3.05, 3.63) is 0 Å². The van der Waals surface area contributed by atoms with Gasteiger partial charge in [-0.05, 0) is 0 Å². The quantitative estimate of drug-likeness (QED) is 0.501. The number of amides is 1. The van der Waals surface area contributed by atoms with Gasteiger partial charge in [0.05, 0.1) is 26.4 Å². The van der Waals surface area contributed by atoms with Gasteiger partial charge in [-0.25, -0.2) is 0 Å². The largest absolute Gasteiger partial charge is 0.378 e. The summed E-state index contributed by atoms with van der Waals surface area (Å²) in [4.78, 5) is 23.3. The molecule has 0 saturated carbocycles. The van der Waals surface area contributed by atoms with Crippen molar-refractivity contribution in [1.29, 1.82) is 0 Å². The number of hydrogen-bond acceptors (Lipinski definition) is 5. The fraction of sp³-hybridized carbons (Fsp3) is 0.882. The van der Waals surface area contributed by atoms with E-state index in [4.69, 9.17) is 9.47 Å². The normalized spacial score (nSPS) is 11.7. The lowest BCUT2D eigenvalue weighted by atomic mass is 9.88. The maximum absolute atomic E-state index is 11.7. The van der Waals surface area contributed by atoms with Crippen molar-refractivity contribution in [3.8, 4) is 0 Å². The minimum absolute atomic E-state index is 0.105. The molecule has 0 rings (SSSR count). The lowest BCUT2D eigenvalue weighted by molar-refractivity contribution is -0.129. The fourth-order valence-electron chi connectivity index (χ4n) is 1.69. The first-order valence-electron chi connectivity index (χ1n) is 8.42. The first-order chi connectivity index (χ1) is 10.7. The van der Waals surface area contributed by atoms with Crippen LogP contribution in [-0.4, -0.2) is 57.2 Å². The molecular weight excluding hydrogens is 296 g/mol. The summed E-state index contributed by atoms with van der Waals surface area (Å²) in [6.45, 7) is 13.2. The highest BCUT2D eigenvalue weighted by atomic mass is 16.5. The second-order valence-corrected chi connectivity index (χ2v) is 6.86. The first-order valence-corrected chi connectivity index (χ1v) is 8.42. The van der Waals surface area contributed by atoms with Crippen molar-refractivity contribution < 1.29 is 19.1 Å². The lowest BCUT2D eigenvalue weighted by Gasteiger charge is -2.16. The van der Waals surface area contributed by atoms with E-state index >= 15 is 0 Å². The molecule has 0 aliphatic rings. The Morgan fingerprint density at radius 2 is 1.48 bits per heavy atom. The van der Waals surface area contributed by atoms with Crippen LogP contribution in [0, 0.1) is 5.41 Å². The molecule has 2 N–H and O–H groups in total. The van der Waals surface area contributed by atoms with Crippen LogP contribution in [-0.2, 0) is 19.1 Å². The van der Waals surface area contributed by atoms with Gasteiger partial charge in [-0.2, -0.15) is 0 Å². The third-order valence-corrected chi connectivity index (χ3v) is 3.16. The fourth-order valence-corrected chi connectivity index (χ4v) is 1.69. The van der Waals surface area contributed by atoms with Crippen molar-refractivity contribution in [3.63, 3.8) is 0 Å². The molecule has 0 radical (unpaired) electrons. The third kappa shape index (κ3) is 14.3. The standard InChI is InChI=1S/C17H34N2O4/c1-14(2)18-8-10-22-12-13-23-11-9-19-16(21)7-6-15(20)17(3,4)5/h14,18H,6-13H2,1-5H3,(H,19,21). The van der Waals surface area contributed by atoms with E-state index in [-0.39, 0.29) is 29.9 Å². The van der Waals surface area contributed by atoms with Crippen molar-refractivity contribution in [2.24, 2.45) is 5.41 Å². The van der Waals surface area contributed by atoms with Crippen molar-refractivity contribution in [2.45, 2.75) is 53.5 Å². The number of ether oxygens (including phenoxy) is 2. The summed E-state index contributed by atoms with van der Waals surface area (Å²) in [5.41, 5.74) is -0.381. The Bertz CT molecular complexity index is 338. The molecule has 0 aromatic rings.